The van der Waals surface area contributed by atoms with Crippen LogP contribution in [0.25, 0.3) is 16.9 Å². The Morgan fingerprint density at radius 2 is 1.71 bits per heavy atom. The number of ether oxygens (including phenoxy) is 2. The van der Waals surface area contributed by atoms with Gasteiger partial charge < -0.3 is 14.4 Å². The summed E-state index contributed by atoms with van der Waals surface area (Å²) in [4.78, 5) is 11.3. The van der Waals surface area contributed by atoms with E-state index in [1.54, 1.807) is 20.4 Å². The van der Waals surface area contributed by atoms with Gasteiger partial charge >= 0.3 is 0 Å². The summed E-state index contributed by atoms with van der Waals surface area (Å²) in [5.74, 6) is 2.06. The molecule has 2 aromatic heterocycles. The van der Waals surface area contributed by atoms with Crippen LogP contribution in [0, 0.1) is 0 Å². The van der Waals surface area contributed by atoms with Crippen LogP contribution in [0.15, 0.2) is 60.9 Å². The average molecular weight is 395 g/mol. The zero-order chi connectivity index (χ0) is 19.7. The third-order valence-electron chi connectivity index (χ3n) is 4.56. The normalized spacial score (nSPS) is 10.9. The van der Waals surface area contributed by atoms with Crippen molar-refractivity contribution in [2.75, 3.05) is 26.2 Å². The second-order valence-corrected chi connectivity index (χ2v) is 6.64. The van der Waals surface area contributed by atoms with Crippen molar-refractivity contribution in [3.05, 3.63) is 65.9 Å². The van der Waals surface area contributed by atoms with E-state index in [9.17, 15) is 0 Å². The molecule has 0 radical (unpaired) electrons. The number of fused-ring (bicyclic) bond motifs is 1. The Bertz CT molecular complexity index is 1130. The standard InChI is InChI=1S/C21H19ClN4O2/c1-25(16-7-5-15(22)6-8-16)21-24-17(13-20-23-10-11-26(20)21)14-4-9-18(27-2)19(12-14)28-3/h4-13H,1-3H3. The second-order valence-electron chi connectivity index (χ2n) is 6.20. The fourth-order valence-electron chi connectivity index (χ4n) is 3.07. The first-order valence-corrected chi connectivity index (χ1v) is 9.04. The quantitative estimate of drug-likeness (QED) is 0.485. The molecular formula is C21H19ClN4O2. The van der Waals surface area contributed by atoms with E-state index in [2.05, 4.69) is 4.98 Å². The number of anilines is 2. The summed E-state index contributed by atoms with van der Waals surface area (Å²) in [5, 5.41) is 0.692. The molecule has 0 atom stereocenters. The molecule has 4 aromatic rings. The van der Waals surface area contributed by atoms with E-state index in [-0.39, 0.29) is 0 Å². The predicted molar refractivity (Wildman–Crippen MR) is 111 cm³/mol. The fourth-order valence-corrected chi connectivity index (χ4v) is 3.19. The highest BCUT2D eigenvalue weighted by Crippen LogP contribution is 2.33. The van der Waals surface area contributed by atoms with Crippen molar-refractivity contribution in [2.24, 2.45) is 0 Å². The van der Waals surface area contributed by atoms with E-state index in [1.807, 2.05) is 71.1 Å². The average Bonchev–Trinajstić information content (AvgIpc) is 3.21. The molecule has 7 heteroatoms. The topological polar surface area (TPSA) is 51.9 Å². The summed E-state index contributed by atoms with van der Waals surface area (Å²) in [6, 6.07) is 15.3. The van der Waals surface area contributed by atoms with Gasteiger partial charge in [0.25, 0.3) is 0 Å². The third kappa shape index (κ3) is 3.23. The van der Waals surface area contributed by atoms with Gasteiger partial charge in [0, 0.05) is 41.8 Å². The van der Waals surface area contributed by atoms with Crippen LogP contribution < -0.4 is 14.4 Å². The highest BCUT2D eigenvalue weighted by atomic mass is 35.5. The zero-order valence-electron chi connectivity index (χ0n) is 15.8. The summed E-state index contributed by atoms with van der Waals surface area (Å²) < 4.78 is 12.7. The first-order chi connectivity index (χ1) is 13.6. The minimum Gasteiger partial charge on any atom is -0.493 e. The fraction of sp³-hybridized carbons (Fsp3) is 0.143. The number of hydrogen-bond donors (Lipinski definition) is 0. The molecule has 0 bridgehead atoms. The van der Waals surface area contributed by atoms with Gasteiger partial charge in [0.1, 0.15) is 5.65 Å². The summed E-state index contributed by atoms with van der Waals surface area (Å²) in [7, 11) is 5.20. The number of methoxy groups -OCH3 is 2. The molecule has 6 nitrogen and oxygen atoms in total. The Morgan fingerprint density at radius 1 is 0.964 bits per heavy atom. The monoisotopic (exact) mass is 394 g/mol. The van der Waals surface area contributed by atoms with E-state index >= 15 is 0 Å². The van der Waals surface area contributed by atoms with Crippen molar-refractivity contribution in [2.45, 2.75) is 0 Å². The lowest BCUT2D eigenvalue weighted by Gasteiger charge is -2.20. The predicted octanol–water partition coefficient (Wildman–Crippen LogP) is 4.83. The van der Waals surface area contributed by atoms with Crippen LogP contribution in [0.4, 0.5) is 11.6 Å². The number of imidazole rings is 1. The van der Waals surface area contributed by atoms with Gasteiger partial charge in [0.05, 0.1) is 19.9 Å². The van der Waals surface area contributed by atoms with Crippen LogP contribution in [0.3, 0.4) is 0 Å². The van der Waals surface area contributed by atoms with Gasteiger partial charge in [0.15, 0.2) is 11.5 Å². The lowest BCUT2D eigenvalue weighted by atomic mass is 10.1. The number of halogens is 1. The van der Waals surface area contributed by atoms with Crippen molar-refractivity contribution in [3.63, 3.8) is 0 Å². The number of aromatic nitrogens is 3. The van der Waals surface area contributed by atoms with Crippen LogP contribution >= 0.6 is 11.6 Å². The van der Waals surface area contributed by atoms with Gasteiger partial charge in [-0.1, -0.05) is 11.6 Å². The van der Waals surface area contributed by atoms with Crippen LogP contribution in [-0.4, -0.2) is 35.6 Å². The molecule has 0 spiro atoms. The summed E-state index contributed by atoms with van der Waals surface area (Å²) >= 11 is 6.03. The summed E-state index contributed by atoms with van der Waals surface area (Å²) in [6.07, 6.45) is 3.65. The van der Waals surface area contributed by atoms with Gasteiger partial charge in [0.2, 0.25) is 5.95 Å². The molecule has 0 saturated carbocycles. The summed E-state index contributed by atoms with van der Waals surface area (Å²) in [6.45, 7) is 0. The van der Waals surface area contributed by atoms with Crippen LogP contribution in [-0.2, 0) is 0 Å². The Kier molecular flexibility index (Phi) is 4.79. The maximum absolute atomic E-state index is 6.03. The second kappa shape index (κ2) is 7.40. The molecule has 28 heavy (non-hydrogen) atoms. The smallest absolute Gasteiger partial charge is 0.216 e. The summed E-state index contributed by atoms with van der Waals surface area (Å²) in [5.41, 5.74) is 3.47. The Balaban J connectivity index is 1.84. The zero-order valence-corrected chi connectivity index (χ0v) is 16.5. The van der Waals surface area contributed by atoms with Crippen molar-refractivity contribution in [1.29, 1.82) is 0 Å². The highest BCUT2D eigenvalue weighted by molar-refractivity contribution is 6.30. The molecule has 0 unspecified atom stereocenters. The number of nitrogens with zero attached hydrogens (tertiary/aromatic N) is 4. The number of rotatable bonds is 5. The molecule has 2 aromatic carbocycles. The van der Waals surface area contributed by atoms with E-state index in [4.69, 9.17) is 26.1 Å². The number of benzene rings is 2. The van der Waals surface area contributed by atoms with Crippen LogP contribution in [0.2, 0.25) is 5.02 Å². The van der Waals surface area contributed by atoms with Crippen LogP contribution in [0.1, 0.15) is 0 Å². The lowest BCUT2D eigenvalue weighted by Crippen LogP contribution is -2.15. The van der Waals surface area contributed by atoms with Gasteiger partial charge in [-0.3, -0.25) is 4.40 Å². The van der Waals surface area contributed by atoms with E-state index in [0.717, 1.165) is 28.5 Å². The maximum atomic E-state index is 6.03. The Morgan fingerprint density at radius 3 is 2.43 bits per heavy atom. The van der Waals surface area contributed by atoms with Gasteiger partial charge in [-0.2, -0.15) is 0 Å². The number of hydrogen-bond acceptors (Lipinski definition) is 5. The van der Waals surface area contributed by atoms with Crippen molar-refractivity contribution >= 4 is 28.9 Å². The minimum absolute atomic E-state index is 0.651. The van der Waals surface area contributed by atoms with Crippen molar-refractivity contribution in [1.82, 2.24) is 14.4 Å². The molecule has 2 heterocycles. The van der Waals surface area contributed by atoms with Crippen molar-refractivity contribution < 1.29 is 9.47 Å². The molecule has 0 N–H and O–H groups in total. The molecule has 0 fully saturated rings. The largest absolute Gasteiger partial charge is 0.493 e. The molecular weight excluding hydrogens is 376 g/mol. The van der Waals surface area contributed by atoms with E-state index in [1.165, 1.54) is 0 Å². The SMILES string of the molecule is COc1ccc(-c2cc3nccn3c(N(C)c3ccc(Cl)cc3)n2)cc1OC. The Labute approximate surface area is 167 Å². The molecule has 0 saturated heterocycles. The first-order valence-electron chi connectivity index (χ1n) is 8.66. The first kappa shape index (κ1) is 18.1. The maximum Gasteiger partial charge on any atom is 0.216 e. The van der Waals surface area contributed by atoms with Gasteiger partial charge in [-0.25, -0.2) is 9.97 Å². The highest BCUT2D eigenvalue weighted by Gasteiger charge is 2.15. The van der Waals surface area contributed by atoms with Gasteiger partial charge in [-0.05, 0) is 42.5 Å². The third-order valence-corrected chi connectivity index (χ3v) is 4.82. The van der Waals surface area contributed by atoms with E-state index < -0.39 is 0 Å². The lowest BCUT2D eigenvalue weighted by molar-refractivity contribution is 0.355. The molecule has 4 rings (SSSR count). The Hall–Kier alpha value is -3.25. The minimum atomic E-state index is 0.651. The van der Waals surface area contributed by atoms with E-state index in [0.29, 0.717) is 16.5 Å². The molecule has 0 aliphatic heterocycles. The molecule has 0 amide bonds. The molecule has 0 aliphatic rings. The van der Waals surface area contributed by atoms with Crippen molar-refractivity contribution in [3.8, 4) is 22.8 Å². The molecule has 142 valence electrons. The molecule has 0 aliphatic carbocycles. The van der Waals surface area contributed by atoms with Crippen LogP contribution in [0.5, 0.6) is 11.5 Å². The van der Waals surface area contributed by atoms with Gasteiger partial charge in [-0.15, -0.1) is 0 Å².